The Kier molecular flexibility index (Phi) is 4.74. The van der Waals surface area contributed by atoms with Gasteiger partial charge in [0, 0.05) is 5.92 Å². The van der Waals surface area contributed by atoms with Gasteiger partial charge in [0.1, 0.15) is 11.6 Å². The van der Waals surface area contributed by atoms with Crippen molar-refractivity contribution in [1.29, 1.82) is 0 Å². The zero-order valence-electron chi connectivity index (χ0n) is 11.9. The molecule has 0 aliphatic rings. The van der Waals surface area contributed by atoms with Gasteiger partial charge in [-0.15, -0.1) is 0 Å². The first-order chi connectivity index (χ1) is 9.63. The van der Waals surface area contributed by atoms with Crippen LogP contribution in [0, 0.1) is 12.7 Å². The minimum atomic E-state index is -0.210. The Morgan fingerprint density at radius 2 is 1.85 bits per heavy atom. The van der Waals surface area contributed by atoms with Crippen molar-refractivity contribution in [1.82, 2.24) is 0 Å². The molecule has 0 aliphatic heterocycles. The fourth-order valence-electron chi connectivity index (χ4n) is 2.46. The standard InChI is InChI=1S/C17H20FNO/c1-12-9-16(20-2)7-8-17(12)14(11-19)10-13-3-5-15(18)6-4-13/h3-9,14H,10-11,19H2,1-2H3. The highest BCUT2D eigenvalue weighted by Crippen LogP contribution is 2.26. The zero-order valence-corrected chi connectivity index (χ0v) is 11.9. The van der Waals surface area contributed by atoms with Crippen LogP contribution in [-0.2, 0) is 6.42 Å². The summed E-state index contributed by atoms with van der Waals surface area (Å²) in [5, 5.41) is 0. The predicted octanol–water partition coefficient (Wildman–Crippen LogP) is 3.43. The first-order valence-corrected chi connectivity index (χ1v) is 6.73. The highest BCUT2D eigenvalue weighted by atomic mass is 19.1. The van der Waals surface area contributed by atoms with E-state index in [2.05, 4.69) is 13.0 Å². The minimum Gasteiger partial charge on any atom is -0.497 e. The second-order valence-corrected chi connectivity index (χ2v) is 4.99. The maximum Gasteiger partial charge on any atom is 0.123 e. The molecule has 2 N–H and O–H groups in total. The van der Waals surface area contributed by atoms with Crippen molar-refractivity contribution in [2.45, 2.75) is 19.3 Å². The summed E-state index contributed by atoms with van der Waals surface area (Å²) in [6, 6.07) is 12.6. The van der Waals surface area contributed by atoms with E-state index in [1.54, 1.807) is 7.11 Å². The molecule has 2 aromatic rings. The average molecular weight is 273 g/mol. The first-order valence-electron chi connectivity index (χ1n) is 6.73. The average Bonchev–Trinajstić information content (AvgIpc) is 2.47. The van der Waals surface area contributed by atoms with Gasteiger partial charge in [-0.2, -0.15) is 0 Å². The van der Waals surface area contributed by atoms with Crippen molar-refractivity contribution in [2.24, 2.45) is 5.73 Å². The van der Waals surface area contributed by atoms with E-state index in [0.29, 0.717) is 6.54 Å². The van der Waals surface area contributed by atoms with E-state index >= 15 is 0 Å². The maximum absolute atomic E-state index is 12.9. The van der Waals surface area contributed by atoms with E-state index in [-0.39, 0.29) is 11.7 Å². The van der Waals surface area contributed by atoms with Crippen LogP contribution in [0.1, 0.15) is 22.6 Å². The Bertz CT molecular complexity index is 566. The number of halogens is 1. The number of hydrogen-bond donors (Lipinski definition) is 1. The molecule has 0 aromatic heterocycles. The molecule has 0 aliphatic carbocycles. The predicted molar refractivity (Wildman–Crippen MR) is 79.6 cm³/mol. The summed E-state index contributed by atoms with van der Waals surface area (Å²) in [6.45, 7) is 2.62. The third-order valence-corrected chi connectivity index (χ3v) is 3.60. The molecule has 0 saturated carbocycles. The van der Waals surface area contributed by atoms with Crippen LogP contribution in [0.3, 0.4) is 0 Å². The van der Waals surface area contributed by atoms with Gasteiger partial charge in [0.05, 0.1) is 7.11 Å². The highest BCUT2D eigenvalue weighted by molar-refractivity contribution is 5.38. The quantitative estimate of drug-likeness (QED) is 0.906. The molecule has 0 bridgehead atoms. The monoisotopic (exact) mass is 273 g/mol. The van der Waals surface area contributed by atoms with Gasteiger partial charge in [-0.25, -0.2) is 4.39 Å². The van der Waals surface area contributed by atoms with E-state index < -0.39 is 0 Å². The molecule has 0 radical (unpaired) electrons. The molecule has 2 nitrogen and oxygen atoms in total. The van der Waals surface area contributed by atoms with Gasteiger partial charge in [0.15, 0.2) is 0 Å². The van der Waals surface area contributed by atoms with Crippen LogP contribution in [-0.4, -0.2) is 13.7 Å². The summed E-state index contributed by atoms with van der Waals surface area (Å²) in [6.07, 6.45) is 0.809. The topological polar surface area (TPSA) is 35.2 Å². The van der Waals surface area contributed by atoms with Gasteiger partial charge < -0.3 is 10.5 Å². The summed E-state index contributed by atoms with van der Waals surface area (Å²) in [5.41, 5.74) is 9.40. The van der Waals surface area contributed by atoms with Crippen molar-refractivity contribution in [3.8, 4) is 5.75 Å². The van der Waals surface area contributed by atoms with Crippen LogP contribution in [0.4, 0.5) is 4.39 Å². The van der Waals surface area contributed by atoms with Gasteiger partial charge >= 0.3 is 0 Å². The number of benzene rings is 2. The van der Waals surface area contributed by atoms with Crippen LogP contribution in [0.5, 0.6) is 5.75 Å². The van der Waals surface area contributed by atoms with Crippen LogP contribution >= 0.6 is 0 Å². The lowest BCUT2D eigenvalue weighted by molar-refractivity contribution is 0.414. The highest BCUT2D eigenvalue weighted by Gasteiger charge is 2.13. The number of hydrogen-bond acceptors (Lipinski definition) is 2. The molecule has 0 heterocycles. The lowest BCUT2D eigenvalue weighted by Gasteiger charge is -2.18. The molecule has 0 spiro atoms. The molecular formula is C17H20FNO. The number of methoxy groups -OCH3 is 1. The third-order valence-electron chi connectivity index (χ3n) is 3.60. The largest absolute Gasteiger partial charge is 0.497 e. The lowest BCUT2D eigenvalue weighted by Crippen LogP contribution is -2.16. The Hall–Kier alpha value is -1.87. The number of nitrogens with two attached hydrogens (primary N) is 1. The zero-order chi connectivity index (χ0) is 14.5. The summed E-state index contributed by atoms with van der Waals surface area (Å²) < 4.78 is 18.2. The van der Waals surface area contributed by atoms with Gasteiger partial charge in [-0.3, -0.25) is 0 Å². The summed E-state index contributed by atoms with van der Waals surface area (Å²) in [5.74, 6) is 0.869. The molecular weight excluding hydrogens is 253 g/mol. The van der Waals surface area contributed by atoms with Crippen LogP contribution in [0.25, 0.3) is 0 Å². The molecule has 20 heavy (non-hydrogen) atoms. The van der Waals surface area contributed by atoms with Crippen LogP contribution in [0.15, 0.2) is 42.5 Å². The molecule has 0 saturated heterocycles. The van der Waals surface area contributed by atoms with Gasteiger partial charge in [0.2, 0.25) is 0 Å². The Morgan fingerprint density at radius 3 is 2.40 bits per heavy atom. The first kappa shape index (κ1) is 14.5. The van der Waals surface area contributed by atoms with Crippen molar-refractivity contribution in [3.63, 3.8) is 0 Å². The van der Waals surface area contributed by atoms with Crippen molar-refractivity contribution < 1.29 is 9.13 Å². The lowest BCUT2D eigenvalue weighted by atomic mass is 9.89. The maximum atomic E-state index is 12.9. The number of aryl methyl sites for hydroxylation is 1. The molecule has 0 amide bonds. The second kappa shape index (κ2) is 6.53. The summed E-state index contributed by atoms with van der Waals surface area (Å²) in [7, 11) is 1.66. The molecule has 106 valence electrons. The molecule has 3 heteroatoms. The van der Waals surface area contributed by atoms with E-state index in [4.69, 9.17) is 10.5 Å². The molecule has 2 aromatic carbocycles. The SMILES string of the molecule is COc1ccc(C(CN)Cc2ccc(F)cc2)c(C)c1. The molecule has 0 fully saturated rings. The van der Waals surface area contributed by atoms with E-state index in [1.165, 1.54) is 23.3 Å². The smallest absolute Gasteiger partial charge is 0.123 e. The van der Waals surface area contributed by atoms with Crippen LogP contribution < -0.4 is 10.5 Å². The van der Waals surface area contributed by atoms with Crippen molar-refractivity contribution >= 4 is 0 Å². The van der Waals surface area contributed by atoms with Crippen LogP contribution in [0.2, 0.25) is 0 Å². The second-order valence-electron chi connectivity index (χ2n) is 4.99. The Labute approximate surface area is 119 Å². The fraction of sp³-hybridized carbons (Fsp3) is 0.294. The molecule has 2 rings (SSSR count). The fourth-order valence-corrected chi connectivity index (χ4v) is 2.46. The third kappa shape index (κ3) is 3.36. The van der Waals surface area contributed by atoms with Crippen molar-refractivity contribution in [2.75, 3.05) is 13.7 Å². The normalized spacial score (nSPS) is 12.2. The van der Waals surface area contributed by atoms with Crippen molar-refractivity contribution in [3.05, 3.63) is 65.0 Å². The molecule has 1 unspecified atom stereocenters. The Morgan fingerprint density at radius 1 is 1.15 bits per heavy atom. The Balaban J connectivity index is 2.21. The number of rotatable bonds is 5. The summed E-state index contributed by atoms with van der Waals surface area (Å²) in [4.78, 5) is 0. The minimum absolute atomic E-state index is 0.210. The van der Waals surface area contributed by atoms with Gasteiger partial charge in [-0.05, 0) is 60.8 Å². The van der Waals surface area contributed by atoms with E-state index in [1.807, 2.05) is 24.3 Å². The van der Waals surface area contributed by atoms with E-state index in [9.17, 15) is 4.39 Å². The van der Waals surface area contributed by atoms with Gasteiger partial charge in [-0.1, -0.05) is 18.2 Å². The molecule has 1 atom stereocenters. The number of ether oxygens (including phenoxy) is 1. The van der Waals surface area contributed by atoms with E-state index in [0.717, 1.165) is 17.7 Å². The van der Waals surface area contributed by atoms with Gasteiger partial charge in [0.25, 0.3) is 0 Å². The summed E-state index contributed by atoms with van der Waals surface area (Å²) >= 11 is 0.